The van der Waals surface area contributed by atoms with E-state index in [1.54, 1.807) is 0 Å². The van der Waals surface area contributed by atoms with Crippen LogP contribution in [0.4, 0.5) is 0 Å². The van der Waals surface area contributed by atoms with Gasteiger partial charge in [-0.25, -0.2) is 0 Å². The molecule has 2 fully saturated rings. The van der Waals surface area contributed by atoms with Crippen molar-refractivity contribution in [2.75, 3.05) is 33.0 Å². The third kappa shape index (κ3) is 5.68. The van der Waals surface area contributed by atoms with Crippen molar-refractivity contribution in [2.45, 2.75) is 52.0 Å². The van der Waals surface area contributed by atoms with E-state index in [1.165, 1.54) is 45.3 Å². The maximum absolute atomic E-state index is 5.76. The van der Waals surface area contributed by atoms with Crippen molar-refractivity contribution >= 4 is 0 Å². The Morgan fingerprint density at radius 3 is 2.28 bits per heavy atom. The van der Waals surface area contributed by atoms with E-state index in [1.807, 2.05) is 0 Å². The van der Waals surface area contributed by atoms with Gasteiger partial charge in [-0.1, -0.05) is 0 Å². The van der Waals surface area contributed by atoms with Gasteiger partial charge in [0.25, 0.3) is 0 Å². The minimum absolute atomic E-state index is 0.254. The van der Waals surface area contributed by atoms with Crippen LogP contribution in [0.5, 0.6) is 0 Å². The van der Waals surface area contributed by atoms with E-state index in [2.05, 4.69) is 31.0 Å². The van der Waals surface area contributed by atoms with Crippen molar-refractivity contribution in [1.82, 2.24) is 10.2 Å². The van der Waals surface area contributed by atoms with Crippen LogP contribution in [-0.4, -0.2) is 43.4 Å². The number of hydrogen-bond acceptors (Lipinski definition) is 3. The van der Waals surface area contributed by atoms with Crippen LogP contribution in [-0.2, 0) is 4.74 Å². The molecule has 0 aromatic heterocycles. The fourth-order valence-corrected chi connectivity index (χ4v) is 2.40. The molecule has 106 valence electrons. The van der Waals surface area contributed by atoms with Crippen molar-refractivity contribution < 1.29 is 4.74 Å². The molecule has 0 aromatic rings. The number of rotatable bonds is 6. The van der Waals surface area contributed by atoms with Gasteiger partial charge in [-0.15, -0.1) is 0 Å². The molecule has 0 aromatic carbocycles. The largest absolute Gasteiger partial charge is 0.366 e. The summed E-state index contributed by atoms with van der Waals surface area (Å²) in [6, 6.07) is 0. The molecule has 0 spiro atoms. The molecule has 1 saturated heterocycles. The van der Waals surface area contributed by atoms with Crippen LogP contribution in [0.2, 0.25) is 0 Å². The zero-order valence-electron chi connectivity index (χ0n) is 12.4. The van der Waals surface area contributed by atoms with Gasteiger partial charge in [0.05, 0.1) is 13.3 Å². The molecule has 3 heteroatoms. The SMILES string of the molecule is CC(C)(C)NCC1CCN(COCC2CC2)CC1. The van der Waals surface area contributed by atoms with Gasteiger partial charge in [-0.05, 0) is 64.8 Å². The summed E-state index contributed by atoms with van der Waals surface area (Å²) in [5.74, 6) is 1.74. The van der Waals surface area contributed by atoms with Gasteiger partial charge in [0, 0.05) is 18.6 Å². The van der Waals surface area contributed by atoms with Gasteiger partial charge in [0.2, 0.25) is 0 Å². The highest BCUT2D eigenvalue weighted by atomic mass is 16.5. The summed E-state index contributed by atoms with van der Waals surface area (Å²) >= 11 is 0. The van der Waals surface area contributed by atoms with E-state index >= 15 is 0 Å². The summed E-state index contributed by atoms with van der Waals surface area (Å²) in [6.45, 7) is 12.2. The average molecular weight is 254 g/mol. The Bertz CT molecular complexity index is 237. The highest BCUT2D eigenvalue weighted by Gasteiger charge is 2.23. The van der Waals surface area contributed by atoms with Crippen LogP contribution in [0.25, 0.3) is 0 Å². The monoisotopic (exact) mass is 254 g/mol. The zero-order chi connectivity index (χ0) is 13.0. The Morgan fingerprint density at radius 2 is 1.72 bits per heavy atom. The molecular formula is C15H30N2O. The predicted octanol–water partition coefficient (Wildman–Crippen LogP) is 2.47. The van der Waals surface area contributed by atoms with Gasteiger partial charge in [-0.2, -0.15) is 0 Å². The van der Waals surface area contributed by atoms with Gasteiger partial charge >= 0.3 is 0 Å². The summed E-state index contributed by atoms with van der Waals surface area (Å²) in [4.78, 5) is 2.47. The van der Waals surface area contributed by atoms with Gasteiger partial charge in [0.15, 0.2) is 0 Å². The van der Waals surface area contributed by atoms with Crippen molar-refractivity contribution in [3.05, 3.63) is 0 Å². The van der Waals surface area contributed by atoms with Crippen LogP contribution >= 0.6 is 0 Å². The van der Waals surface area contributed by atoms with E-state index < -0.39 is 0 Å². The van der Waals surface area contributed by atoms with E-state index in [9.17, 15) is 0 Å². The summed E-state index contributed by atoms with van der Waals surface area (Å²) in [5.41, 5.74) is 0.254. The second kappa shape index (κ2) is 6.36. The Labute approximate surface area is 112 Å². The maximum atomic E-state index is 5.76. The Hall–Kier alpha value is -0.120. The fraction of sp³-hybridized carbons (Fsp3) is 1.00. The van der Waals surface area contributed by atoms with Crippen molar-refractivity contribution in [2.24, 2.45) is 11.8 Å². The molecule has 1 saturated carbocycles. The molecule has 0 radical (unpaired) electrons. The van der Waals surface area contributed by atoms with E-state index in [0.717, 1.165) is 25.2 Å². The second-order valence-corrected chi connectivity index (χ2v) is 7.14. The lowest BCUT2D eigenvalue weighted by Crippen LogP contribution is -2.43. The van der Waals surface area contributed by atoms with Gasteiger partial charge in [0.1, 0.15) is 0 Å². The summed E-state index contributed by atoms with van der Waals surface area (Å²) < 4.78 is 5.76. The summed E-state index contributed by atoms with van der Waals surface area (Å²) in [5, 5.41) is 3.62. The lowest BCUT2D eigenvalue weighted by molar-refractivity contribution is 0.00606. The lowest BCUT2D eigenvalue weighted by atomic mass is 9.96. The third-order valence-corrected chi connectivity index (χ3v) is 3.95. The quantitative estimate of drug-likeness (QED) is 0.788. The zero-order valence-corrected chi connectivity index (χ0v) is 12.4. The highest BCUT2D eigenvalue weighted by molar-refractivity contribution is 4.77. The maximum Gasteiger partial charge on any atom is 0.0990 e. The van der Waals surface area contributed by atoms with Crippen molar-refractivity contribution in [3.63, 3.8) is 0 Å². The molecule has 0 unspecified atom stereocenters. The van der Waals surface area contributed by atoms with Crippen LogP contribution in [0.1, 0.15) is 46.5 Å². The molecule has 1 N–H and O–H groups in total. The first-order chi connectivity index (χ1) is 8.53. The molecule has 18 heavy (non-hydrogen) atoms. The molecule has 1 aliphatic heterocycles. The van der Waals surface area contributed by atoms with Crippen LogP contribution in [0.3, 0.4) is 0 Å². The van der Waals surface area contributed by atoms with Crippen LogP contribution in [0, 0.1) is 11.8 Å². The number of ether oxygens (including phenoxy) is 1. The van der Waals surface area contributed by atoms with Crippen molar-refractivity contribution in [1.29, 1.82) is 0 Å². The van der Waals surface area contributed by atoms with E-state index in [4.69, 9.17) is 4.74 Å². The Morgan fingerprint density at radius 1 is 1.06 bits per heavy atom. The fourth-order valence-electron chi connectivity index (χ4n) is 2.40. The summed E-state index contributed by atoms with van der Waals surface area (Å²) in [7, 11) is 0. The first-order valence-corrected chi connectivity index (χ1v) is 7.58. The predicted molar refractivity (Wildman–Crippen MR) is 75.6 cm³/mol. The van der Waals surface area contributed by atoms with Gasteiger partial charge in [-0.3, -0.25) is 4.90 Å². The molecule has 2 rings (SSSR count). The molecule has 1 aliphatic carbocycles. The first-order valence-electron chi connectivity index (χ1n) is 7.58. The first kappa shape index (κ1) is 14.3. The molecule has 0 bridgehead atoms. The van der Waals surface area contributed by atoms with Crippen LogP contribution in [0.15, 0.2) is 0 Å². The Balaban J connectivity index is 1.53. The molecule has 2 aliphatic rings. The lowest BCUT2D eigenvalue weighted by Gasteiger charge is -2.33. The normalized spacial score (nSPS) is 23.5. The molecule has 0 atom stereocenters. The highest BCUT2D eigenvalue weighted by Crippen LogP contribution is 2.28. The minimum atomic E-state index is 0.254. The van der Waals surface area contributed by atoms with Crippen LogP contribution < -0.4 is 5.32 Å². The number of nitrogens with one attached hydrogen (secondary N) is 1. The molecule has 1 heterocycles. The smallest absolute Gasteiger partial charge is 0.0990 e. The standard InChI is InChI=1S/C15H30N2O/c1-15(2,3)16-10-13-6-8-17(9-7-13)12-18-11-14-4-5-14/h13-14,16H,4-12H2,1-3H3. The number of piperidine rings is 1. The average Bonchev–Trinajstić information content (AvgIpc) is 3.11. The minimum Gasteiger partial charge on any atom is -0.366 e. The van der Waals surface area contributed by atoms with E-state index in [-0.39, 0.29) is 5.54 Å². The van der Waals surface area contributed by atoms with E-state index in [0.29, 0.717) is 0 Å². The second-order valence-electron chi connectivity index (χ2n) is 7.14. The van der Waals surface area contributed by atoms with Gasteiger partial charge < -0.3 is 10.1 Å². The number of likely N-dealkylation sites (tertiary alicyclic amines) is 1. The number of hydrogen-bond donors (Lipinski definition) is 1. The third-order valence-electron chi connectivity index (χ3n) is 3.95. The summed E-state index contributed by atoms with van der Waals surface area (Å²) in [6.07, 6.45) is 5.41. The molecular weight excluding hydrogens is 224 g/mol. The topological polar surface area (TPSA) is 24.5 Å². The Kier molecular flexibility index (Phi) is 5.05. The molecule has 3 nitrogen and oxygen atoms in total. The van der Waals surface area contributed by atoms with Crippen molar-refractivity contribution in [3.8, 4) is 0 Å². The number of nitrogens with zero attached hydrogens (tertiary/aromatic N) is 1. The molecule has 0 amide bonds.